The van der Waals surface area contributed by atoms with Gasteiger partial charge in [0.05, 0.1) is 11.6 Å². The minimum Gasteiger partial charge on any atom is -0.292 e. The first-order chi connectivity index (χ1) is 10.5. The van der Waals surface area contributed by atoms with Gasteiger partial charge in [0.15, 0.2) is 5.78 Å². The van der Waals surface area contributed by atoms with Gasteiger partial charge in [-0.15, -0.1) is 0 Å². The van der Waals surface area contributed by atoms with Crippen LogP contribution < -0.4 is 0 Å². The topological polar surface area (TPSA) is 82.5 Å². The van der Waals surface area contributed by atoms with Gasteiger partial charge in [0.2, 0.25) is 0 Å². The summed E-state index contributed by atoms with van der Waals surface area (Å²) in [6.45, 7) is 5.61. The molecule has 1 aromatic heterocycles. The number of benzene rings is 1. The van der Waals surface area contributed by atoms with Crippen LogP contribution in [0.25, 0.3) is 11.3 Å². The van der Waals surface area contributed by atoms with Crippen LogP contribution in [0.15, 0.2) is 24.3 Å². The van der Waals surface area contributed by atoms with Crippen molar-refractivity contribution in [2.75, 3.05) is 0 Å². The van der Waals surface area contributed by atoms with E-state index in [1.165, 1.54) is 0 Å². The van der Waals surface area contributed by atoms with E-state index in [0.717, 1.165) is 5.56 Å². The summed E-state index contributed by atoms with van der Waals surface area (Å²) in [5, 5.41) is 22.8. The quantitative estimate of drug-likeness (QED) is 0.808. The number of hydrogen-bond acceptors (Lipinski definition) is 4. The van der Waals surface area contributed by atoms with Crippen LogP contribution in [-0.2, 0) is 0 Å². The van der Waals surface area contributed by atoms with Gasteiger partial charge in [0.1, 0.15) is 23.0 Å². The molecule has 5 heteroatoms. The van der Waals surface area contributed by atoms with E-state index in [4.69, 9.17) is 5.26 Å². The van der Waals surface area contributed by atoms with Gasteiger partial charge in [-0.25, -0.2) is 0 Å². The van der Waals surface area contributed by atoms with E-state index in [0.29, 0.717) is 28.9 Å². The molecule has 2 aromatic rings. The molecule has 0 atom stereocenters. The molecule has 1 aromatic carbocycles. The van der Waals surface area contributed by atoms with Crippen molar-refractivity contribution in [3.8, 4) is 23.4 Å². The van der Waals surface area contributed by atoms with Gasteiger partial charge in [0.25, 0.3) is 0 Å². The fraction of sp³-hybridized carbons (Fsp3) is 0.294. The first-order valence-electron chi connectivity index (χ1n) is 7.09. The summed E-state index contributed by atoms with van der Waals surface area (Å²) in [6, 6.07) is 11.0. The van der Waals surface area contributed by atoms with Crippen molar-refractivity contribution in [2.45, 2.75) is 33.2 Å². The highest BCUT2D eigenvalue weighted by Gasteiger charge is 2.24. The standard InChI is InChI=1S/C17H16N4O/c1-4-15(22)17-14(10-19)16(20-21(17)11(2)3)13-7-5-12(9-18)6-8-13/h5-8,11H,4H2,1-3H3. The second-order valence-corrected chi connectivity index (χ2v) is 5.19. The number of Topliss-reactive ketones (excluding diaryl/α,β-unsaturated/α-hetero) is 1. The maximum absolute atomic E-state index is 12.2. The lowest BCUT2D eigenvalue weighted by atomic mass is 10.0. The second-order valence-electron chi connectivity index (χ2n) is 5.19. The summed E-state index contributed by atoms with van der Waals surface area (Å²) in [7, 11) is 0. The largest absolute Gasteiger partial charge is 0.292 e. The maximum atomic E-state index is 12.2. The molecule has 0 bridgehead atoms. The van der Waals surface area contributed by atoms with Crippen molar-refractivity contribution in [2.24, 2.45) is 0 Å². The van der Waals surface area contributed by atoms with E-state index >= 15 is 0 Å². The normalized spacial score (nSPS) is 10.3. The molecule has 22 heavy (non-hydrogen) atoms. The predicted octanol–water partition coefficient (Wildman–Crippen LogP) is 3.47. The summed E-state index contributed by atoms with van der Waals surface area (Å²) in [4.78, 5) is 12.2. The molecule has 0 radical (unpaired) electrons. The molecule has 0 aliphatic rings. The molecule has 0 aliphatic carbocycles. The number of aromatic nitrogens is 2. The van der Waals surface area contributed by atoms with Crippen LogP contribution in [0, 0.1) is 22.7 Å². The molecule has 0 fully saturated rings. The molecule has 1 heterocycles. The van der Waals surface area contributed by atoms with E-state index in [1.54, 1.807) is 35.9 Å². The van der Waals surface area contributed by atoms with Gasteiger partial charge in [-0.1, -0.05) is 19.1 Å². The minimum absolute atomic E-state index is 0.0234. The minimum atomic E-state index is -0.0994. The molecule has 5 nitrogen and oxygen atoms in total. The number of nitrogens with zero attached hydrogens (tertiary/aromatic N) is 4. The van der Waals surface area contributed by atoms with Crippen LogP contribution in [0.3, 0.4) is 0 Å². The molecule has 0 saturated heterocycles. The van der Waals surface area contributed by atoms with Gasteiger partial charge >= 0.3 is 0 Å². The summed E-state index contributed by atoms with van der Waals surface area (Å²) in [6.07, 6.45) is 0.319. The SMILES string of the molecule is CCC(=O)c1c(C#N)c(-c2ccc(C#N)cc2)nn1C(C)C. The highest BCUT2D eigenvalue weighted by Crippen LogP contribution is 2.28. The monoisotopic (exact) mass is 292 g/mol. The van der Waals surface area contributed by atoms with Crippen molar-refractivity contribution in [1.82, 2.24) is 9.78 Å². The predicted molar refractivity (Wildman–Crippen MR) is 82.1 cm³/mol. The molecule has 0 spiro atoms. The molecular weight excluding hydrogens is 276 g/mol. The zero-order chi connectivity index (χ0) is 16.3. The van der Waals surface area contributed by atoms with Gasteiger partial charge < -0.3 is 0 Å². The van der Waals surface area contributed by atoms with E-state index in [9.17, 15) is 10.1 Å². The van der Waals surface area contributed by atoms with Crippen LogP contribution in [-0.4, -0.2) is 15.6 Å². The van der Waals surface area contributed by atoms with Crippen molar-refractivity contribution >= 4 is 5.78 Å². The van der Waals surface area contributed by atoms with Crippen molar-refractivity contribution in [3.63, 3.8) is 0 Å². The molecule has 0 aliphatic heterocycles. The molecule has 0 saturated carbocycles. The summed E-state index contributed by atoms with van der Waals surface area (Å²) in [5.41, 5.74) is 2.40. The highest BCUT2D eigenvalue weighted by atomic mass is 16.1. The Labute approximate surface area is 129 Å². The van der Waals surface area contributed by atoms with Crippen molar-refractivity contribution in [3.05, 3.63) is 41.1 Å². The Kier molecular flexibility index (Phi) is 4.39. The van der Waals surface area contributed by atoms with Gasteiger partial charge in [-0.05, 0) is 26.0 Å². The Morgan fingerprint density at radius 2 is 1.86 bits per heavy atom. The summed E-state index contributed by atoms with van der Waals surface area (Å²) in [5.74, 6) is -0.0994. The zero-order valence-corrected chi connectivity index (χ0v) is 12.8. The molecule has 2 rings (SSSR count). The smallest absolute Gasteiger partial charge is 0.181 e. The first kappa shape index (κ1) is 15.5. The van der Waals surface area contributed by atoms with Crippen LogP contribution in [0.5, 0.6) is 0 Å². The van der Waals surface area contributed by atoms with E-state index < -0.39 is 0 Å². The Morgan fingerprint density at radius 3 is 2.32 bits per heavy atom. The van der Waals surface area contributed by atoms with E-state index in [2.05, 4.69) is 17.2 Å². The Balaban J connectivity index is 2.69. The summed E-state index contributed by atoms with van der Waals surface area (Å²) < 4.78 is 1.61. The third-order valence-corrected chi connectivity index (χ3v) is 3.38. The second kappa shape index (κ2) is 6.24. The maximum Gasteiger partial charge on any atom is 0.181 e. The summed E-state index contributed by atoms with van der Waals surface area (Å²) >= 11 is 0. The van der Waals surface area contributed by atoms with Crippen LogP contribution in [0.4, 0.5) is 0 Å². The van der Waals surface area contributed by atoms with Crippen molar-refractivity contribution < 1.29 is 4.79 Å². The number of carbonyl (C=O) groups is 1. The molecule has 0 unspecified atom stereocenters. The molecule has 0 N–H and O–H groups in total. The average molecular weight is 292 g/mol. The van der Waals surface area contributed by atoms with Gasteiger partial charge in [-0.2, -0.15) is 15.6 Å². The lowest BCUT2D eigenvalue weighted by Gasteiger charge is -2.09. The Hall–Kier alpha value is -2.92. The number of hydrogen-bond donors (Lipinski definition) is 0. The van der Waals surface area contributed by atoms with E-state index in [1.807, 2.05) is 13.8 Å². The third kappa shape index (κ3) is 2.62. The van der Waals surface area contributed by atoms with Crippen LogP contribution in [0.1, 0.15) is 54.8 Å². The lowest BCUT2D eigenvalue weighted by Crippen LogP contribution is -2.13. The van der Waals surface area contributed by atoms with Crippen molar-refractivity contribution in [1.29, 1.82) is 10.5 Å². The zero-order valence-electron chi connectivity index (χ0n) is 12.8. The fourth-order valence-corrected chi connectivity index (χ4v) is 2.25. The molecular formula is C17H16N4O. The molecule has 110 valence electrons. The first-order valence-corrected chi connectivity index (χ1v) is 7.09. The number of carbonyl (C=O) groups excluding carboxylic acids is 1. The average Bonchev–Trinajstić information content (AvgIpc) is 2.93. The number of ketones is 1. The number of rotatable bonds is 4. The van der Waals surface area contributed by atoms with E-state index in [-0.39, 0.29) is 11.8 Å². The Bertz CT molecular complexity index is 786. The van der Waals surface area contributed by atoms with Crippen LogP contribution >= 0.6 is 0 Å². The molecule has 0 amide bonds. The fourth-order valence-electron chi connectivity index (χ4n) is 2.25. The number of nitriles is 2. The third-order valence-electron chi connectivity index (χ3n) is 3.38. The Morgan fingerprint density at radius 1 is 1.23 bits per heavy atom. The lowest BCUT2D eigenvalue weighted by molar-refractivity contribution is 0.0975. The van der Waals surface area contributed by atoms with Gasteiger partial charge in [0, 0.05) is 18.0 Å². The van der Waals surface area contributed by atoms with Crippen LogP contribution in [0.2, 0.25) is 0 Å². The van der Waals surface area contributed by atoms with Gasteiger partial charge in [-0.3, -0.25) is 9.48 Å². The highest BCUT2D eigenvalue weighted by molar-refractivity contribution is 5.98.